The van der Waals surface area contributed by atoms with Crippen molar-refractivity contribution >= 4 is 33.6 Å². The molecule has 2 fully saturated rings. The van der Waals surface area contributed by atoms with Crippen LogP contribution in [0.4, 0.5) is 0 Å². The van der Waals surface area contributed by atoms with Gasteiger partial charge in [-0.3, -0.25) is 4.79 Å². The molecule has 0 aromatic carbocycles. The van der Waals surface area contributed by atoms with Gasteiger partial charge in [0.15, 0.2) is 0 Å². The largest absolute Gasteiger partial charge is 0.341 e. The van der Waals surface area contributed by atoms with E-state index < -0.39 is 0 Å². The Kier molecular flexibility index (Phi) is 3.66. The van der Waals surface area contributed by atoms with Gasteiger partial charge in [0.25, 0.3) is 0 Å². The minimum absolute atomic E-state index is 0.110. The maximum absolute atomic E-state index is 12.3. The number of hydrogen-bond acceptors (Lipinski definition) is 2. The standard InChI is InChI=1S/C11H18BrNOS/c1-11(4-2-6-15-11)10(14)13-5-3-9(7-12)8-13/h9H,2-8H2,1H3. The number of carbonyl (C=O) groups excluding carboxylic acids is 1. The van der Waals surface area contributed by atoms with Crippen molar-refractivity contribution in [2.45, 2.75) is 30.9 Å². The van der Waals surface area contributed by atoms with Crippen molar-refractivity contribution in [2.24, 2.45) is 5.92 Å². The maximum Gasteiger partial charge on any atom is 0.238 e. The van der Waals surface area contributed by atoms with Crippen LogP contribution >= 0.6 is 27.7 Å². The molecule has 0 saturated carbocycles. The minimum Gasteiger partial charge on any atom is -0.341 e. The fraction of sp³-hybridized carbons (Fsp3) is 0.909. The van der Waals surface area contributed by atoms with E-state index in [1.54, 1.807) is 0 Å². The zero-order valence-corrected chi connectivity index (χ0v) is 11.6. The molecule has 2 unspecified atom stereocenters. The highest BCUT2D eigenvalue weighted by molar-refractivity contribution is 9.09. The van der Waals surface area contributed by atoms with Crippen LogP contribution in [0.5, 0.6) is 0 Å². The third-order valence-electron chi connectivity index (χ3n) is 3.46. The first-order valence-corrected chi connectivity index (χ1v) is 7.76. The number of nitrogens with zero attached hydrogens (tertiary/aromatic N) is 1. The lowest BCUT2D eigenvalue weighted by Gasteiger charge is -2.28. The molecule has 1 amide bonds. The van der Waals surface area contributed by atoms with Crippen LogP contribution in [0.3, 0.4) is 0 Å². The van der Waals surface area contributed by atoms with Gasteiger partial charge in [-0.05, 0) is 37.9 Å². The van der Waals surface area contributed by atoms with Crippen LogP contribution in [-0.2, 0) is 4.79 Å². The Morgan fingerprint density at radius 1 is 1.67 bits per heavy atom. The molecule has 0 spiro atoms. The molecule has 2 rings (SSSR count). The maximum atomic E-state index is 12.3. The first-order chi connectivity index (χ1) is 7.15. The Morgan fingerprint density at radius 3 is 3.00 bits per heavy atom. The van der Waals surface area contributed by atoms with Gasteiger partial charge in [0, 0.05) is 18.4 Å². The summed E-state index contributed by atoms with van der Waals surface area (Å²) in [6.45, 7) is 4.04. The number of rotatable bonds is 2. The fourth-order valence-electron chi connectivity index (χ4n) is 2.43. The van der Waals surface area contributed by atoms with Crippen molar-refractivity contribution in [1.82, 2.24) is 4.90 Å². The Morgan fingerprint density at radius 2 is 2.47 bits per heavy atom. The van der Waals surface area contributed by atoms with Gasteiger partial charge < -0.3 is 4.90 Å². The second-order valence-corrected chi connectivity index (χ2v) is 6.99. The highest BCUT2D eigenvalue weighted by Crippen LogP contribution is 2.40. The van der Waals surface area contributed by atoms with E-state index >= 15 is 0 Å². The van der Waals surface area contributed by atoms with E-state index in [9.17, 15) is 4.79 Å². The van der Waals surface area contributed by atoms with Crippen LogP contribution < -0.4 is 0 Å². The van der Waals surface area contributed by atoms with Crippen LogP contribution in [0.25, 0.3) is 0 Å². The van der Waals surface area contributed by atoms with Gasteiger partial charge in [-0.25, -0.2) is 0 Å². The van der Waals surface area contributed by atoms with Crippen LogP contribution in [0, 0.1) is 5.92 Å². The molecule has 0 N–H and O–H groups in total. The molecule has 86 valence electrons. The minimum atomic E-state index is -0.110. The van der Waals surface area contributed by atoms with Crippen molar-refractivity contribution < 1.29 is 4.79 Å². The molecule has 2 heterocycles. The average molecular weight is 292 g/mol. The van der Waals surface area contributed by atoms with Gasteiger partial charge in [0.1, 0.15) is 0 Å². The van der Waals surface area contributed by atoms with E-state index in [1.807, 2.05) is 11.8 Å². The Balaban J connectivity index is 1.96. The topological polar surface area (TPSA) is 20.3 Å². The first-order valence-electron chi connectivity index (χ1n) is 5.65. The van der Waals surface area contributed by atoms with Crippen LogP contribution in [-0.4, -0.2) is 39.7 Å². The van der Waals surface area contributed by atoms with Gasteiger partial charge in [0.05, 0.1) is 4.75 Å². The average Bonchev–Trinajstić information content (AvgIpc) is 2.85. The van der Waals surface area contributed by atoms with Crippen molar-refractivity contribution in [3.8, 4) is 0 Å². The molecule has 0 aromatic heterocycles. The highest BCUT2D eigenvalue weighted by atomic mass is 79.9. The summed E-state index contributed by atoms with van der Waals surface area (Å²) in [6, 6.07) is 0. The molecule has 4 heteroatoms. The van der Waals surface area contributed by atoms with E-state index in [2.05, 4.69) is 27.8 Å². The van der Waals surface area contributed by atoms with Gasteiger partial charge in [-0.2, -0.15) is 0 Å². The lowest BCUT2D eigenvalue weighted by molar-refractivity contribution is -0.132. The van der Waals surface area contributed by atoms with Crippen molar-refractivity contribution in [1.29, 1.82) is 0 Å². The summed E-state index contributed by atoms with van der Waals surface area (Å²) in [5, 5.41) is 1.03. The molecule has 2 aliphatic heterocycles. The zero-order valence-electron chi connectivity index (χ0n) is 9.17. The molecule has 0 bridgehead atoms. The van der Waals surface area contributed by atoms with E-state index in [1.165, 1.54) is 6.42 Å². The molecule has 2 atom stereocenters. The van der Waals surface area contributed by atoms with E-state index in [4.69, 9.17) is 0 Å². The van der Waals surface area contributed by atoms with Crippen LogP contribution in [0.2, 0.25) is 0 Å². The van der Waals surface area contributed by atoms with Crippen molar-refractivity contribution in [3.63, 3.8) is 0 Å². The fourth-order valence-corrected chi connectivity index (χ4v) is 4.23. The first kappa shape index (κ1) is 11.8. The lowest BCUT2D eigenvalue weighted by atomic mass is 10.0. The number of halogens is 1. The second kappa shape index (κ2) is 4.66. The zero-order chi connectivity index (χ0) is 10.9. The SMILES string of the molecule is CC1(C(=O)N2CCC(CBr)C2)CCCS1. The Labute approximate surface area is 104 Å². The Hall–Kier alpha value is 0.300. The van der Waals surface area contributed by atoms with Crippen molar-refractivity contribution in [2.75, 3.05) is 24.2 Å². The molecule has 0 aliphatic carbocycles. The predicted octanol–water partition coefficient (Wildman–Crippen LogP) is 2.52. The summed E-state index contributed by atoms with van der Waals surface area (Å²) in [5.74, 6) is 2.20. The summed E-state index contributed by atoms with van der Waals surface area (Å²) < 4.78 is -0.110. The smallest absolute Gasteiger partial charge is 0.238 e. The number of carbonyl (C=O) groups is 1. The number of amides is 1. The predicted molar refractivity (Wildman–Crippen MR) is 68.6 cm³/mol. The molecule has 2 nitrogen and oxygen atoms in total. The Bertz CT molecular complexity index is 253. The number of alkyl halides is 1. The highest BCUT2D eigenvalue weighted by Gasteiger charge is 2.41. The van der Waals surface area contributed by atoms with Crippen LogP contribution in [0.15, 0.2) is 0 Å². The van der Waals surface area contributed by atoms with Crippen molar-refractivity contribution in [3.05, 3.63) is 0 Å². The molecule has 2 saturated heterocycles. The molecular weight excluding hydrogens is 274 g/mol. The third-order valence-corrected chi connectivity index (χ3v) is 5.89. The summed E-state index contributed by atoms with van der Waals surface area (Å²) in [6.07, 6.45) is 3.42. The summed E-state index contributed by atoms with van der Waals surface area (Å²) in [5.41, 5.74) is 0. The summed E-state index contributed by atoms with van der Waals surface area (Å²) >= 11 is 5.35. The molecule has 0 aromatic rings. The van der Waals surface area contributed by atoms with E-state index in [-0.39, 0.29) is 4.75 Å². The van der Waals surface area contributed by atoms with E-state index in [0.29, 0.717) is 11.8 Å². The molecule has 15 heavy (non-hydrogen) atoms. The number of hydrogen-bond donors (Lipinski definition) is 0. The quantitative estimate of drug-likeness (QED) is 0.729. The normalized spacial score (nSPS) is 36.1. The number of thioether (sulfide) groups is 1. The van der Waals surface area contributed by atoms with Gasteiger partial charge >= 0.3 is 0 Å². The molecular formula is C11H18BrNOS. The van der Waals surface area contributed by atoms with Gasteiger partial charge in [-0.1, -0.05) is 15.9 Å². The number of likely N-dealkylation sites (tertiary alicyclic amines) is 1. The van der Waals surface area contributed by atoms with E-state index in [0.717, 1.165) is 37.0 Å². The summed E-state index contributed by atoms with van der Waals surface area (Å²) in [4.78, 5) is 14.4. The van der Waals surface area contributed by atoms with Gasteiger partial charge in [0.2, 0.25) is 5.91 Å². The van der Waals surface area contributed by atoms with Crippen LogP contribution in [0.1, 0.15) is 26.2 Å². The third kappa shape index (κ3) is 2.36. The molecule has 0 radical (unpaired) electrons. The van der Waals surface area contributed by atoms with Gasteiger partial charge in [-0.15, -0.1) is 11.8 Å². The summed E-state index contributed by atoms with van der Waals surface area (Å²) in [7, 11) is 0. The second-order valence-electron chi connectivity index (χ2n) is 4.74. The lowest BCUT2D eigenvalue weighted by Crippen LogP contribution is -2.42. The monoisotopic (exact) mass is 291 g/mol. The molecule has 2 aliphatic rings.